The Bertz CT molecular complexity index is 640. The van der Waals surface area contributed by atoms with Gasteiger partial charge in [0.1, 0.15) is 16.8 Å². The van der Waals surface area contributed by atoms with Crippen LogP contribution >= 0.6 is 23.4 Å². The second kappa shape index (κ2) is 9.68. The van der Waals surface area contributed by atoms with E-state index < -0.39 is 0 Å². The molecule has 2 rings (SSSR count). The summed E-state index contributed by atoms with van der Waals surface area (Å²) < 4.78 is 13.0. The molecule has 1 aromatic rings. The van der Waals surface area contributed by atoms with Crippen molar-refractivity contribution in [2.75, 3.05) is 0 Å². The van der Waals surface area contributed by atoms with Crippen molar-refractivity contribution < 1.29 is 9.18 Å². The Morgan fingerprint density at radius 2 is 2.17 bits per heavy atom. The second-order valence-electron chi connectivity index (χ2n) is 4.97. The Hall–Kier alpha value is -1.39. The fraction of sp³-hybridized carbons (Fsp3) is 0.333. The van der Waals surface area contributed by atoms with Crippen molar-refractivity contribution in [3.05, 3.63) is 53.3 Å². The van der Waals surface area contributed by atoms with E-state index in [0.717, 1.165) is 17.0 Å². The highest BCUT2D eigenvalue weighted by Crippen LogP contribution is 2.31. The summed E-state index contributed by atoms with van der Waals surface area (Å²) in [5, 5.41) is 2.31. The standard InChI is InChI=1S/C11H9ClFNS.C7H12O/c1-2-8-6-15-10-4-3-7(13)5-9(10)11(12)14-8;1-4-6(3)7(8)5-2/h3-6H,2H2,1H3;4,6H,1,5H2,2-3H3. The van der Waals surface area contributed by atoms with Crippen LogP contribution in [0.2, 0.25) is 0 Å². The first-order chi connectivity index (χ1) is 10.9. The maximum Gasteiger partial charge on any atom is 0.139 e. The van der Waals surface area contributed by atoms with Gasteiger partial charge >= 0.3 is 0 Å². The van der Waals surface area contributed by atoms with Crippen LogP contribution in [0.15, 0.2) is 51.8 Å². The third kappa shape index (κ3) is 5.96. The molecule has 2 nitrogen and oxygen atoms in total. The van der Waals surface area contributed by atoms with Crippen LogP contribution < -0.4 is 0 Å². The highest BCUT2D eigenvalue weighted by atomic mass is 35.5. The van der Waals surface area contributed by atoms with Crippen molar-refractivity contribution in [3.8, 4) is 0 Å². The third-order valence-corrected chi connectivity index (χ3v) is 4.59. The zero-order valence-corrected chi connectivity index (χ0v) is 15.2. The van der Waals surface area contributed by atoms with Crippen LogP contribution in [0.3, 0.4) is 0 Å². The minimum atomic E-state index is -0.289. The first-order valence-electron chi connectivity index (χ1n) is 7.47. The Morgan fingerprint density at radius 3 is 2.70 bits per heavy atom. The molecule has 0 fully saturated rings. The average Bonchev–Trinajstić information content (AvgIpc) is 2.73. The number of hydrogen-bond donors (Lipinski definition) is 0. The van der Waals surface area contributed by atoms with Crippen LogP contribution in [0.1, 0.15) is 39.2 Å². The summed E-state index contributed by atoms with van der Waals surface area (Å²) in [5.74, 6) is 0.0163. The zero-order valence-electron chi connectivity index (χ0n) is 13.6. The number of thioether (sulfide) groups is 1. The minimum absolute atomic E-state index is 0.0417. The van der Waals surface area contributed by atoms with Crippen LogP contribution in [0.25, 0.3) is 0 Å². The summed E-state index contributed by atoms with van der Waals surface area (Å²) in [5.41, 5.74) is 1.59. The van der Waals surface area contributed by atoms with Crippen molar-refractivity contribution in [2.45, 2.75) is 38.5 Å². The normalized spacial score (nSPS) is 14.3. The molecule has 1 heterocycles. The maximum absolute atomic E-state index is 13.0. The summed E-state index contributed by atoms with van der Waals surface area (Å²) in [7, 11) is 0. The van der Waals surface area contributed by atoms with E-state index in [1.165, 1.54) is 23.9 Å². The molecule has 5 heteroatoms. The van der Waals surface area contributed by atoms with Gasteiger partial charge in [-0.15, -0.1) is 6.58 Å². The Labute approximate surface area is 146 Å². The van der Waals surface area contributed by atoms with Crippen LogP contribution in [-0.2, 0) is 4.79 Å². The molecule has 0 radical (unpaired) electrons. The molecule has 1 aliphatic rings. The maximum atomic E-state index is 13.0. The van der Waals surface area contributed by atoms with Gasteiger partial charge in [0.15, 0.2) is 0 Å². The Kier molecular flexibility index (Phi) is 8.28. The summed E-state index contributed by atoms with van der Waals surface area (Å²) in [6.07, 6.45) is 3.11. The van der Waals surface area contributed by atoms with Crippen LogP contribution in [-0.4, -0.2) is 11.0 Å². The number of nitrogens with zero attached hydrogens (tertiary/aromatic N) is 1. The quantitative estimate of drug-likeness (QED) is 0.625. The third-order valence-electron chi connectivity index (χ3n) is 3.30. The van der Waals surface area contributed by atoms with Crippen molar-refractivity contribution in [2.24, 2.45) is 10.9 Å². The van der Waals surface area contributed by atoms with E-state index in [-0.39, 0.29) is 17.5 Å². The van der Waals surface area contributed by atoms with Crippen molar-refractivity contribution in [3.63, 3.8) is 0 Å². The molecular weight excluding hydrogens is 333 g/mol. The lowest BCUT2D eigenvalue weighted by Gasteiger charge is -2.02. The molecule has 0 aromatic heterocycles. The topological polar surface area (TPSA) is 29.4 Å². The van der Waals surface area contributed by atoms with E-state index in [2.05, 4.69) is 11.6 Å². The van der Waals surface area contributed by atoms with Gasteiger partial charge in [0.2, 0.25) is 0 Å². The number of aliphatic imine (C=N–C) groups is 1. The first-order valence-corrected chi connectivity index (χ1v) is 8.73. The monoisotopic (exact) mass is 353 g/mol. The molecule has 0 saturated heterocycles. The second-order valence-corrected chi connectivity index (χ2v) is 6.24. The number of fused-ring (bicyclic) bond motifs is 1. The van der Waals surface area contributed by atoms with E-state index in [1.54, 1.807) is 12.1 Å². The SMILES string of the molecule is C=CC(C)C(=O)CC.CCC1=CSc2ccc(F)cc2C(Cl)=N1. The van der Waals surface area contributed by atoms with E-state index >= 15 is 0 Å². The number of carbonyl (C=O) groups excluding carboxylic acids is 1. The average molecular weight is 354 g/mol. The minimum Gasteiger partial charge on any atom is -0.299 e. The van der Waals surface area contributed by atoms with Crippen LogP contribution in [0, 0.1) is 11.7 Å². The van der Waals surface area contributed by atoms with Crippen molar-refractivity contribution >= 4 is 34.3 Å². The molecule has 0 saturated carbocycles. The number of allylic oxidation sites excluding steroid dienone is 2. The molecular formula is C18H21ClFNOS. The summed E-state index contributed by atoms with van der Waals surface area (Å²) in [6.45, 7) is 9.24. The van der Waals surface area contributed by atoms with Gasteiger partial charge < -0.3 is 0 Å². The molecule has 0 bridgehead atoms. The van der Waals surface area contributed by atoms with Gasteiger partial charge in [-0.2, -0.15) is 0 Å². The van der Waals surface area contributed by atoms with Gasteiger partial charge in [0.25, 0.3) is 0 Å². The number of benzene rings is 1. The van der Waals surface area contributed by atoms with E-state index in [0.29, 0.717) is 17.2 Å². The largest absolute Gasteiger partial charge is 0.299 e. The first kappa shape index (κ1) is 19.7. The number of Topliss-reactive ketones (excluding diaryl/α,β-unsaturated/α-hetero) is 1. The zero-order chi connectivity index (χ0) is 17.4. The van der Waals surface area contributed by atoms with Crippen molar-refractivity contribution in [1.29, 1.82) is 0 Å². The van der Waals surface area contributed by atoms with Gasteiger partial charge in [0.05, 0.1) is 0 Å². The lowest BCUT2D eigenvalue weighted by Crippen LogP contribution is -2.04. The predicted octanol–water partition coefficient (Wildman–Crippen LogP) is 5.96. The van der Waals surface area contributed by atoms with Gasteiger partial charge in [0, 0.05) is 28.5 Å². The molecule has 0 N–H and O–H groups in total. The van der Waals surface area contributed by atoms with Gasteiger partial charge in [-0.3, -0.25) is 4.79 Å². The molecule has 1 unspecified atom stereocenters. The summed E-state index contributed by atoms with van der Waals surface area (Å²) in [6, 6.07) is 4.57. The van der Waals surface area contributed by atoms with Gasteiger partial charge in [-0.25, -0.2) is 9.38 Å². The van der Waals surface area contributed by atoms with E-state index in [9.17, 15) is 9.18 Å². The predicted molar refractivity (Wildman–Crippen MR) is 97.7 cm³/mol. The van der Waals surface area contributed by atoms with E-state index in [4.69, 9.17) is 11.6 Å². The molecule has 1 aliphatic heterocycles. The highest BCUT2D eigenvalue weighted by Gasteiger charge is 2.12. The Morgan fingerprint density at radius 1 is 1.48 bits per heavy atom. The van der Waals surface area contributed by atoms with Crippen LogP contribution in [0.5, 0.6) is 0 Å². The number of halogens is 2. The van der Waals surface area contributed by atoms with E-state index in [1.807, 2.05) is 26.2 Å². The molecule has 0 aliphatic carbocycles. The molecule has 124 valence electrons. The molecule has 1 aromatic carbocycles. The summed E-state index contributed by atoms with van der Waals surface area (Å²) in [4.78, 5) is 15.8. The Balaban J connectivity index is 0.000000284. The fourth-order valence-electron chi connectivity index (χ4n) is 1.73. The number of ketones is 1. The van der Waals surface area contributed by atoms with Gasteiger partial charge in [-0.05, 0) is 30.0 Å². The van der Waals surface area contributed by atoms with Crippen molar-refractivity contribution in [1.82, 2.24) is 0 Å². The fourth-order valence-corrected chi connectivity index (χ4v) is 2.96. The molecule has 1 atom stereocenters. The lowest BCUT2D eigenvalue weighted by atomic mass is 10.1. The highest BCUT2D eigenvalue weighted by molar-refractivity contribution is 8.02. The summed E-state index contributed by atoms with van der Waals surface area (Å²) >= 11 is 7.55. The number of rotatable bonds is 4. The van der Waals surface area contributed by atoms with Crippen LogP contribution in [0.4, 0.5) is 4.39 Å². The molecule has 23 heavy (non-hydrogen) atoms. The number of carbonyl (C=O) groups is 1. The molecule has 0 amide bonds. The molecule has 0 spiro atoms. The number of hydrogen-bond acceptors (Lipinski definition) is 3. The smallest absolute Gasteiger partial charge is 0.139 e. The lowest BCUT2D eigenvalue weighted by molar-refractivity contribution is -0.120. The van der Waals surface area contributed by atoms with Gasteiger partial charge in [-0.1, -0.05) is 50.2 Å².